The van der Waals surface area contributed by atoms with E-state index in [-0.39, 0.29) is 0 Å². The van der Waals surface area contributed by atoms with Gasteiger partial charge in [-0.15, -0.1) is 0 Å². The summed E-state index contributed by atoms with van der Waals surface area (Å²) in [6.45, 7) is 8.11. The summed E-state index contributed by atoms with van der Waals surface area (Å²) in [5, 5.41) is 4.67. The predicted octanol–water partition coefficient (Wildman–Crippen LogP) is 2.88. The molecule has 0 atom stereocenters. The molecule has 0 bridgehead atoms. The largest absolute Gasteiger partial charge is 0.325 e. The number of aryl methyl sites for hydroxylation is 2. The Kier molecular flexibility index (Phi) is 2.94. The number of nitrogens with zero attached hydrogens (tertiary/aromatic N) is 2. The minimum atomic E-state index is 0.516. The molecule has 1 aliphatic rings. The standard InChI is InChI=1S/C16H21N3/c1-10-6-7-13(12(3)11(10)2)16-14(9-17)18-19-8-4-5-15(16)19/h6-7H,4-5,8-9,17H2,1-3H3. The van der Waals surface area contributed by atoms with Gasteiger partial charge in [-0.3, -0.25) is 4.68 Å². The number of rotatable bonds is 2. The quantitative estimate of drug-likeness (QED) is 0.896. The summed E-state index contributed by atoms with van der Waals surface area (Å²) in [7, 11) is 0. The summed E-state index contributed by atoms with van der Waals surface area (Å²) in [6.07, 6.45) is 2.32. The molecule has 19 heavy (non-hydrogen) atoms. The van der Waals surface area contributed by atoms with Crippen molar-refractivity contribution in [1.29, 1.82) is 0 Å². The van der Waals surface area contributed by atoms with Gasteiger partial charge in [-0.05, 0) is 55.9 Å². The zero-order valence-electron chi connectivity index (χ0n) is 12.0. The Morgan fingerprint density at radius 1 is 1.21 bits per heavy atom. The molecule has 100 valence electrons. The first-order chi connectivity index (χ1) is 9.13. The second-order valence-electron chi connectivity index (χ2n) is 5.48. The predicted molar refractivity (Wildman–Crippen MR) is 78.1 cm³/mol. The average molecular weight is 255 g/mol. The van der Waals surface area contributed by atoms with Crippen molar-refractivity contribution < 1.29 is 0 Å². The highest BCUT2D eigenvalue weighted by atomic mass is 15.3. The van der Waals surface area contributed by atoms with Crippen molar-refractivity contribution in [3.8, 4) is 11.1 Å². The molecule has 3 heteroatoms. The van der Waals surface area contributed by atoms with E-state index in [0.717, 1.165) is 18.7 Å². The Bertz CT molecular complexity index is 638. The minimum Gasteiger partial charge on any atom is -0.325 e. The molecular formula is C16H21N3. The van der Waals surface area contributed by atoms with E-state index in [0.29, 0.717) is 6.54 Å². The van der Waals surface area contributed by atoms with Crippen LogP contribution in [-0.4, -0.2) is 9.78 Å². The van der Waals surface area contributed by atoms with Crippen LogP contribution in [0.2, 0.25) is 0 Å². The van der Waals surface area contributed by atoms with E-state index in [1.165, 1.54) is 39.9 Å². The maximum Gasteiger partial charge on any atom is 0.0841 e. The molecule has 1 aliphatic heterocycles. The molecule has 0 fully saturated rings. The van der Waals surface area contributed by atoms with Gasteiger partial charge >= 0.3 is 0 Å². The highest BCUT2D eigenvalue weighted by Gasteiger charge is 2.23. The first kappa shape index (κ1) is 12.4. The second-order valence-corrected chi connectivity index (χ2v) is 5.48. The molecule has 3 nitrogen and oxygen atoms in total. The topological polar surface area (TPSA) is 43.8 Å². The first-order valence-corrected chi connectivity index (χ1v) is 6.99. The fourth-order valence-corrected chi connectivity index (χ4v) is 3.07. The Balaban J connectivity index is 2.25. The van der Waals surface area contributed by atoms with Gasteiger partial charge < -0.3 is 5.73 Å². The molecule has 0 aliphatic carbocycles. The van der Waals surface area contributed by atoms with Crippen molar-refractivity contribution in [1.82, 2.24) is 9.78 Å². The van der Waals surface area contributed by atoms with Gasteiger partial charge in [0.1, 0.15) is 0 Å². The van der Waals surface area contributed by atoms with E-state index >= 15 is 0 Å². The fourth-order valence-electron chi connectivity index (χ4n) is 3.07. The lowest BCUT2D eigenvalue weighted by Gasteiger charge is -2.12. The van der Waals surface area contributed by atoms with Crippen LogP contribution in [0.1, 0.15) is 34.5 Å². The molecule has 3 rings (SSSR count). The molecule has 0 unspecified atom stereocenters. The van der Waals surface area contributed by atoms with Crippen molar-refractivity contribution in [3.05, 3.63) is 40.2 Å². The first-order valence-electron chi connectivity index (χ1n) is 6.99. The third-order valence-corrected chi connectivity index (χ3v) is 4.43. The number of hydrogen-bond donors (Lipinski definition) is 1. The highest BCUT2D eigenvalue weighted by Crippen LogP contribution is 2.35. The lowest BCUT2D eigenvalue weighted by atomic mass is 9.92. The molecule has 2 N–H and O–H groups in total. The van der Waals surface area contributed by atoms with Gasteiger partial charge in [-0.2, -0.15) is 5.10 Å². The molecule has 0 radical (unpaired) electrons. The minimum absolute atomic E-state index is 0.516. The van der Waals surface area contributed by atoms with Gasteiger partial charge in [0.05, 0.1) is 5.69 Å². The molecule has 2 heterocycles. The van der Waals surface area contributed by atoms with E-state index in [1.54, 1.807) is 0 Å². The van der Waals surface area contributed by atoms with Gasteiger partial charge in [-0.25, -0.2) is 0 Å². The van der Waals surface area contributed by atoms with Gasteiger partial charge in [0.15, 0.2) is 0 Å². The van der Waals surface area contributed by atoms with Crippen LogP contribution < -0.4 is 5.73 Å². The summed E-state index contributed by atoms with van der Waals surface area (Å²) in [6, 6.07) is 4.43. The molecule has 0 spiro atoms. The lowest BCUT2D eigenvalue weighted by molar-refractivity contribution is 0.644. The van der Waals surface area contributed by atoms with Gasteiger partial charge in [-0.1, -0.05) is 12.1 Å². The summed E-state index contributed by atoms with van der Waals surface area (Å²) in [5.74, 6) is 0. The smallest absolute Gasteiger partial charge is 0.0841 e. The van der Waals surface area contributed by atoms with Crippen molar-refractivity contribution in [2.24, 2.45) is 5.73 Å². The van der Waals surface area contributed by atoms with Gasteiger partial charge in [0.25, 0.3) is 0 Å². The van der Waals surface area contributed by atoms with E-state index < -0.39 is 0 Å². The third kappa shape index (κ3) is 1.80. The molecular weight excluding hydrogens is 234 g/mol. The number of nitrogens with two attached hydrogens (primary N) is 1. The van der Waals surface area contributed by atoms with E-state index in [9.17, 15) is 0 Å². The number of fused-ring (bicyclic) bond motifs is 1. The zero-order chi connectivity index (χ0) is 13.6. The van der Waals surface area contributed by atoms with E-state index in [4.69, 9.17) is 5.73 Å². The summed E-state index contributed by atoms with van der Waals surface area (Å²) < 4.78 is 2.14. The zero-order valence-corrected chi connectivity index (χ0v) is 12.0. The Morgan fingerprint density at radius 3 is 2.74 bits per heavy atom. The molecule has 0 saturated carbocycles. The Morgan fingerprint density at radius 2 is 2.00 bits per heavy atom. The van der Waals surface area contributed by atoms with Crippen molar-refractivity contribution in [3.63, 3.8) is 0 Å². The van der Waals surface area contributed by atoms with Crippen LogP contribution in [-0.2, 0) is 19.5 Å². The van der Waals surface area contributed by atoms with Crippen molar-refractivity contribution in [2.75, 3.05) is 0 Å². The molecule has 0 amide bonds. The van der Waals surface area contributed by atoms with Gasteiger partial charge in [0, 0.05) is 24.3 Å². The maximum atomic E-state index is 5.89. The molecule has 1 aromatic heterocycles. The lowest BCUT2D eigenvalue weighted by Crippen LogP contribution is -2.02. The van der Waals surface area contributed by atoms with E-state index in [2.05, 4.69) is 42.7 Å². The SMILES string of the molecule is Cc1ccc(-c2c(CN)nn3c2CCC3)c(C)c1C. The molecule has 1 aromatic carbocycles. The molecule has 0 saturated heterocycles. The van der Waals surface area contributed by atoms with Crippen LogP contribution in [0.3, 0.4) is 0 Å². The number of hydrogen-bond acceptors (Lipinski definition) is 2. The molecule has 2 aromatic rings. The van der Waals surface area contributed by atoms with Crippen molar-refractivity contribution >= 4 is 0 Å². The third-order valence-electron chi connectivity index (χ3n) is 4.43. The van der Waals surface area contributed by atoms with E-state index in [1.807, 2.05) is 0 Å². The summed E-state index contributed by atoms with van der Waals surface area (Å²) in [4.78, 5) is 0. The Labute approximate surface area is 114 Å². The second kappa shape index (κ2) is 4.49. The fraction of sp³-hybridized carbons (Fsp3) is 0.438. The van der Waals surface area contributed by atoms with Gasteiger partial charge in [0.2, 0.25) is 0 Å². The summed E-state index contributed by atoms with van der Waals surface area (Å²) in [5.41, 5.74) is 15.0. The number of benzene rings is 1. The van der Waals surface area contributed by atoms with Crippen LogP contribution in [0.15, 0.2) is 12.1 Å². The van der Waals surface area contributed by atoms with Crippen LogP contribution in [0, 0.1) is 20.8 Å². The normalized spacial score (nSPS) is 13.9. The number of aromatic nitrogens is 2. The van der Waals surface area contributed by atoms with Crippen LogP contribution in [0.4, 0.5) is 0 Å². The average Bonchev–Trinajstić information content (AvgIpc) is 2.97. The summed E-state index contributed by atoms with van der Waals surface area (Å²) >= 11 is 0. The van der Waals surface area contributed by atoms with Crippen LogP contribution in [0.25, 0.3) is 11.1 Å². The van der Waals surface area contributed by atoms with Crippen molar-refractivity contribution in [2.45, 2.75) is 46.7 Å². The maximum absolute atomic E-state index is 5.89. The monoisotopic (exact) mass is 255 g/mol. The Hall–Kier alpha value is -1.61. The van der Waals surface area contributed by atoms with Crippen LogP contribution in [0.5, 0.6) is 0 Å². The highest BCUT2D eigenvalue weighted by molar-refractivity contribution is 5.74. The van der Waals surface area contributed by atoms with Crippen LogP contribution >= 0.6 is 0 Å².